The van der Waals surface area contributed by atoms with Gasteiger partial charge in [-0.3, -0.25) is 4.79 Å². The number of piperidine rings is 1. The normalized spacial score (nSPS) is 16.2. The maximum Gasteiger partial charge on any atom is 0.226 e. The highest BCUT2D eigenvalue weighted by atomic mass is 35.5. The number of hydrogen-bond donors (Lipinski definition) is 1. The summed E-state index contributed by atoms with van der Waals surface area (Å²) < 4.78 is 5.63. The highest BCUT2D eigenvalue weighted by Gasteiger charge is 2.20. The number of aromatic nitrogens is 2. The monoisotopic (exact) mass is 431 g/mol. The van der Waals surface area contributed by atoms with E-state index in [1.54, 1.807) is 36.2 Å². The van der Waals surface area contributed by atoms with E-state index in [-0.39, 0.29) is 11.9 Å². The van der Waals surface area contributed by atoms with Gasteiger partial charge in [-0.05, 0) is 43.7 Å². The summed E-state index contributed by atoms with van der Waals surface area (Å²) in [5.74, 6) is 2.37. The topological polar surface area (TPSA) is 70.6 Å². The second kappa shape index (κ2) is 10.6. The predicted octanol–water partition coefficient (Wildman–Crippen LogP) is 3.44. The Morgan fingerprint density at radius 3 is 2.63 bits per heavy atom. The molecule has 1 saturated heterocycles. The smallest absolute Gasteiger partial charge is 0.226 e. The average Bonchev–Trinajstić information content (AvgIpc) is 2.75. The van der Waals surface area contributed by atoms with Gasteiger partial charge < -0.3 is 19.9 Å². The molecule has 7 nitrogen and oxygen atoms in total. The number of amides is 1. The van der Waals surface area contributed by atoms with Crippen LogP contribution in [0.3, 0.4) is 0 Å². The first-order valence-corrected chi connectivity index (χ1v) is 10.7. The van der Waals surface area contributed by atoms with E-state index in [1.165, 1.54) is 12.8 Å². The lowest BCUT2D eigenvalue weighted by atomic mass is 10.0. The van der Waals surface area contributed by atoms with Crippen LogP contribution in [0.15, 0.2) is 30.3 Å². The van der Waals surface area contributed by atoms with Gasteiger partial charge in [0.1, 0.15) is 17.4 Å². The molecule has 1 aromatic carbocycles. The minimum atomic E-state index is 0.00585. The molecule has 1 atom stereocenters. The van der Waals surface area contributed by atoms with E-state index < -0.39 is 0 Å². The molecule has 0 bridgehead atoms. The molecular weight excluding hydrogens is 402 g/mol. The third kappa shape index (κ3) is 6.31. The van der Waals surface area contributed by atoms with Gasteiger partial charge in [-0.1, -0.05) is 18.0 Å². The number of anilines is 1. The Morgan fingerprint density at radius 1 is 1.20 bits per heavy atom. The minimum absolute atomic E-state index is 0.00585. The van der Waals surface area contributed by atoms with Crippen LogP contribution in [-0.2, 0) is 11.3 Å². The molecule has 8 heteroatoms. The van der Waals surface area contributed by atoms with Gasteiger partial charge in [0.25, 0.3) is 0 Å². The first-order chi connectivity index (χ1) is 14.4. The van der Waals surface area contributed by atoms with Crippen molar-refractivity contribution < 1.29 is 9.53 Å². The fraction of sp³-hybridized carbons (Fsp3) is 0.500. The zero-order valence-electron chi connectivity index (χ0n) is 17.9. The molecule has 0 spiro atoms. The predicted molar refractivity (Wildman–Crippen MR) is 119 cm³/mol. The Labute approximate surface area is 183 Å². The average molecular weight is 432 g/mol. The van der Waals surface area contributed by atoms with Crippen LogP contribution >= 0.6 is 11.6 Å². The molecule has 30 heavy (non-hydrogen) atoms. The summed E-state index contributed by atoms with van der Waals surface area (Å²) in [6.45, 7) is 1.74. The Kier molecular flexibility index (Phi) is 7.87. The quantitative estimate of drug-likeness (QED) is 0.690. The van der Waals surface area contributed by atoms with Gasteiger partial charge in [-0.2, -0.15) is 0 Å². The van der Waals surface area contributed by atoms with E-state index in [9.17, 15) is 4.79 Å². The summed E-state index contributed by atoms with van der Waals surface area (Å²) in [6.07, 6.45) is 3.69. The number of hydrogen-bond acceptors (Lipinski definition) is 6. The van der Waals surface area contributed by atoms with Crippen LogP contribution < -0.4 is 15.0 Å². The van der Waals surface area contributed by atoms with Crippen LogP contribution in [-0.4, -0.2) is 55.1 Å². The molecule has 1 amide bonds. The van der Waals surface area contributed by atoms with Crippen molar-refractivity contribution in [2.75, 3.05) is 39.2 Å². The van der Waals surface area contributed by atoms with E-state index in [0.29, 0.717) is 30.3 Å². The summed E-state index contributed by atoms with van der Waals surface area (Å²) in [4.78, 5) is 25.7. The summed E-state index contributed by atoms with van der Waals surface area (Å²) >= 11 is 5.87. The lowest BCUT2D eigenvalue weighted by Gasteiger charge is -2.25. The standard InChI is InChI=1S/C22H30ClN5O2/c1-27(2)20-14-17(25-22(26-20)19-6-4-5-12-24-19)15-28(3)21(29)11-13-30-18-9-7-16(23)8-10-18/h7-10,14,19,24H,4-6,11-13,15H2,1-3H3/t19-/m0/s1. The van der Waals surface area contributed by atoms with Gasteiger partial charge in [0.05, 0.1) is 31.3 Å². The van der Waals surface area contributed by atoms with Gasteiger partial charge in [-0.25, -0.2) is 9.97 Å². The molecule has 3 rings (SSSR count). The second-order valence-corrected chi connectivity index (χ2v) is 8.21. The largest absolute Gasteiger partial charge is 0.493 e. The Morgan fingerprint density at radius 2 is 1.97 bits per heavy atom. The number of halogens is 1. The minimum Gasteiger partial charge on any atom is -0.493 e. The molecule has 1 N–H and O–H groups in total. The van der Waals surface area contributed by atoms with Crippen LogP contribution in [0.4, 0.5) is 5.82 Å². The summed E-state index contributed by atoms with van der Waals surface area (Å²) in [6, 6.07) is 9.23. The molecule has 0 unspecified atom stereocenters. The zero-order valence-corrected chi connectivity index (χ0v) is 18.7. The van der Waals surface area contributed by atoms with Crippen molar-refractivity contribution in [2.45, 2.75) is 38.3 Å². The van der Waals surface area contributed by atoms with Crippen molar-refractivity contribution in [3.8, 4) is 5.75 Å². The molecule has 2 aromatic rings. The maximum atomic E-state index is 12.6. The van der Waals surface area contributed by atoms with Gasteiger partial charge in [0, 0.05) is 32.2 Å². The number of nitrogens with zero attached hydrogens (tertiary/aromatic N) is 4. The molecule has 0 saturated carbocycles. The zero-order chi connectivity index (χ0) is 21.5. The van der Waals surface area contributed by atoms with Gasteiger partial charge >= 0.3 is 0 Å². The van der Waals surface area contributed by atoms with E-state index in [1.807, 2.05) is 25.1 Å². The van der Waals surface area contributed by atoms with E-state index in [4.69, 9.17) is 26.3 Å². The van der Waals surface area contributed by atoms with E-state index >= 15 is 0 Å². The molecule has 1 aromatic heterocycles. The Bertz CT molecular complexity index is 838. The highest BCUT2D eigenvalue weighted by Crippen LogP contribution is 2.23. The van der Waals surface area contributed by atoms with E-state index in [0.717, 1.165) is 30.3 Å². The van der Waals surface area contributed by atoms with Crippen molar-refractivity contribution in [1.29, 1.82) is 0 Å². The molecule has 2 heterocycles. The van der Waals surface area contributed by atoms with Crippen LogP contribution in [0.5, 0.6) is 5.75 Å². The fourth-order valence-electron chi connectivity index (χ4n) is 3.35. The molecular formula is C22H30ClN5O2. The van der Waals surface area contributed by atoms with Crippen LogP contribution in [0.1, 0.15) is 43.2 Å². The van der Waals surface area contributed by atoms with Crippen molar-refractivity contribution in [3.05, 3.63) is 46.9 Å². The molecule has 0 radical (unpaired) electrons. The Balaban J connectivity index is 1.59. The lowest BCUT2D eigenvalue weighted by molar-refractivity contribution is -0.131. The highest BCUT2D eigenvalue weighted by molar-refractivity contribution is 6.30. The van der Waals surface area contributed by atoms with Crippen molar-refractivity contribution in [2.24, 2.45) is 0 Å². The van der Waals surface area contributed by atoms with Crippen LogP contribution in [0.2, 0.25) is 5.02 Å². The number of benzene rings is 1. The number of ether oxygens (including phenoxy) is 1. The Hall–Kier alpha value is -2.38. The second-order valence-electron chi connectivity index (χ2n) is 7.77. The number of carbonyl (C=O) groups is 1. The maximum absolute atomic E-state index is 12.6. The summed E-state index contributed by atoms with van der Waals surface area (Å²) in [7, 11) is 5.72. The first-order valence-electron chi connectivity index (χ1n) is 10.3. The van der Waals surface area contributed by atoms with Gasteiger partial charge in [0.15, 0.2) is 0 Å². The number of rotatable bonds is 8. The van der Waals surface area contributed by atoms with Gasteiger partial charge in [-0.15, -0.1) is 0 Å². The molecule has 1 aliphatic rings. The summed E-state index contributed by atoms with van der Waals surface area (Å²) in [5, 5.41) is 4.16. The summed E-state index contributed by atoms with van der Waals surface area (Å²) in [5.41, 5.74) is 0.838. The van der Waals surface area contributed by atoms with Gasteiger partial charge in [0.2, 0.25) is 5.91 Å². The number of nitrogens with one attached hydrogen (secondary N) is 1. The molecule has 1 aliphatic heterocycles. The fourth-order valence-corrected chi connectivity index (χ4v) is 3.48. The third-order valence-corrected chi connectivity index (χ3v) is 5.34. The molecule has 0 aliphatic carbocycles. The number of carbonyl (C=O) groups excluding carboxylic acids is 1. The lowest BCUT2D eigenvalue weighted by Crippen LogP contribution is -2.31. The van der Waals surface area contributed by atoms with Crippen molar-refractivity contribution >= 4 is 23.3 Å². The first kappa shape index (κ1) is 22.3. The molecule has 1 fully saturated rings. The molecule has 162 valence electrons. The third-order valence-electron chi connectivity index (χ3n) is 5.09. The van der Waals surface area contributed by atoms with Crippen molar-refractivity contribution in [3.63, 3.8) is 0 Å². The van der Waals surface area contributed by atoms with Crippen LogP contribution in [0, 0.1) is 0 Å². The van der Waals surface area contributed by atoms with E-state index in [2.05, 4.69) is 5.32 Å². The SMILES string of the molecule is CN(Cc1cc(N(C)C)nc([C@@H]2CCCCN2)n1)C(=O)CCOc1ccc(Cl)cc1. The van der Waals surface area contributed by atoms with Crippen molar-refractivity contribution in [1.82, 2.24) is 20.2 Å². The van der Waals surface area contributed by atoms with Crippen LogP contribution in [0.25, 0.3) is 0 Å².